The minimum atomic E-state index is -0.633. The van der Waals surface area contributed by atoms with E-state index in [-0.39, 0.29) is 0 Å². The molecule has 0 aliphatic carbocycles. The molecular weight excluding hydrogens is 246 g/mol. The van der Waals surface area contributed by atoms with Gasteiger partial charge in [-0.2, -0.15) is 0 Å². The molecule has 0 heterocycles. The Balaban J connectivity index is 2.21. The molecule has 1 unspecified atom stereocenters. The van der Waals surface area contributed by atoms with Crippen LogP contribution < -0.4 is 5.73 Å². The number of para-hydroxylation sites is 1. The highest BCUT2D eigenvalue weighted by molar-refractivity contribution is 6.31. The second kappa shape index (κ2) is 5.42. The fourth-order valence-corrected chi connectivity index (χ4v) is 2.26. The minimum Gasteiger partial charge on any atom is -0.398 e. The first kappa shape index (κ1) is 12.9. The molecule has 0 aromatic heterocycles. The third-order valence-electron chi connectivity index (χ3n) is 2.98. The second-order valence-corrected chi connectivity index (χ2v) is 4.85. The Morgan fingerprint density at radius 3 is 2.61 bits per heavy atom. The van der Waals surface area contributed by atoms with Gasteiger partial charge < -0.3 is 10.8 Å². The number of benzene rings is 2. The van der Waals surface area contributed by atoms with Crippen LogP contribution in [0, 0.1) is 6.92 Å². The van der Waals surface area contributed by atoms with Crippen molar-refractivity contribution in [3.05, 3.63) is 64.2 Å². The molecule has 3 heteroatoms. The lowest BCUT2D eigenvalue weighted by Crippen LogP contribution is -2.05. The van der Waals surface area contributed by atoms with E-state index in [2.05, 4.69) is 0 Å². The Kier molecular flexibility index (Phi) is 3.90. The molecule has 0 aliphatic heterocycles. The lowest BCUT2D eigenvalue weighted by molar-refractivity contribution is 0.179. The van der Waals surface area contributed by atoms with Crippen molar-refractivity contribution in [1.82, 2.24) is 0 Å². The molecule has 0 amide bonds. The van der Waals surface area contributed by atoms with E-state index in [0.717, 1.165) is 16.7 Å². The van der Waals surface area contributed by atoms with Crippen molar-refractivity contribution in [3.63, 3.8) is 0 Å². The summed E-state index contributed by atoms with van der Waals surface area (Å²) in [5.74, 6) is 0. The number of nitrogens with two attached hydrogens (primary N) is 1. The highest BCUT2D eigenvalue weighted by Gasteiger charge is 2.13. The number of hydrogen-bond acceptors (Lipinski definition) is 2. The Morgan fingerprint density at radius 2 is 1.94 bits per heavy atom. The predicted octanol–water partition coefficient (Wildman–Crippen LogP) is 3.51. The highest BCUT2D eigenvalue weighted by atomic mass is 35.5. The molecule has 2 aromatic carbocycles. The molecule has 0 radical (unpaired) electrons. The number of hydrogen-bond donors (Lipinski definition) is 2. The summed E-state index contributed by atoms with van der Waals surface area (Å²) in [6, 6.07) is 13.2. The van der Waals surface area contributed by atoms with Crippen LogP contribution in [0.15, 0.2) is 42.5 Å². The van der Waals surface area contributed by atoms with E-state index < -0.39 is 6.10 Å². The first-order valence-electron chi connectivity index (χ1n) is 5.85. The third kappa shape index (κ3) is 2.84. The van der Waals surface area contributed by atoms with Gasteiger partial charge in [0.25, 0.3) is 0 Å². The van der Waals surface area contributed by atoms with Gasteiger partial charge in [0.05, 0.1) is 6.10 Å². The van der Waals surface area contributed by atoms with Crippen molar-refractivity contribution in [2.75, 3.05) is 5.73 Å². The zero-order valence-corrected chi connectivity index (χ0v) is 11.0. The molecule has 18 heavy (non-hydrogen) atoms. The van der Waals surface area contributed by atoms with Gasteiger partial charge in [0.2, 0.25) is 0 Å². The number of anilines is 1. The standard InChI is InChI=1S/C15H16ClNO/c1-10-6-7-11(13(16)8-10)9-15(18)12-4-2-3-5-14(12)17/h2-8,15,18H,9,17H2,1H3. The number of aryl methyl sites for hydroxylation is 1. The van der Waals surface area contributed by atoms with Crippen LogP contribution >= 0.6 is 11.6 Å². The van der Waals surface area contributed by atoms with Gasteiger partial charge in [0, 0.05) is 22.7 Å². The molecule has 3 N–H and O–H groups in total. The fourth-order valence-electron chi connectivity index (χ4n) is 1.95. The zero-order valence-electron chi connectivity index (χ0n) is 10.2. The average Bonchev–Trinajstić information content (AvgIpc) is 2.33. The van der Waals surface area contributed by atoms with Gasteiger partial charge in [-0.3, -0.25) is 0 Å². The summed E-state index contributed by atoms with van der Waals surface area (Å²) in [5.41, 5.74) is 9.23. The van der Waals surface area contributed by atoms with E-state index in [4.69, 9.17) is 17.3 Å². The third-order valence-corrected chi connectivity index (χ3v) is 3.33. The summed E-state index contributed by atoms with van der Waals surface area (Å²) < 4.78 is 0. The van der Waals surface area contributed by atoms with Crippen LogP contribution in [0.3, 0.4) is 0 Å². The van der Waals surface area contributed by atoms with E-state index >= 15 is 0 Å². The lowest BCUT2D eigenvalue weighted by Gasteiger charge is -2.14. The molecule has 2 nitrogen and oxygen atoms in total. The van der Waals surface area contributed by atoms with Crippen molar-refractivity contribution in [1.29, 1.82) is 0 Å². The zero-order chi connectivity index (χ0) is 13.1. The van der Waals surface area contributed by atoms with Crippen LogP contribution in [-0.2, 0) is 6.42 Å². The molecule has 2 rings (SSSR count). The number of aliphatic hydroxyl groups is 1. The fraction of sp³-hybridized carbons (Fsp3) is 0.200. The van der Waals surface area contributed by atoms with Crippen molar-refractivity contribution >= 4 is 17.3 Å². The molecule has 0 fully saturated rings. The lowest BCUT2D eigenvalue weighted by atomic mass is 9.99. The molecule has 94 valence electrons. The van der Waals surface area contributed by atoms with Crippen molar-refractivity contribution in [2.24, 2.45) is 0 Å². The van der Waals surface area contributed by atoms with E-state index in [0.29, 0.717) is 17.1 Å². The van der Waals surface area contributed by atoms with E-state index in [1.54, 1.807) is 6.07 Å². The summed E-state index contributed by atoms with van der Waals surface area (Å²) in [6.07, 6.45) is -0.167. The molecule has 0 bridgehead atoms. The van der Waals surface area contributed by atoms with E-state index in [1.165, 1.54) is 0 Å². The van der Waals surface area contributed by atoms with E-state index in [9.17, 15) is 5.11 Å². The van der Waals surface area contributed by atoms with Gasteiger partial charge in [0.1, 0.15) is 0 Å². The van der Waals surface area contributed by atoms with Crippen molar-refractivity contribution < 1.29 is 5.11 Å². The van der Waals surface area contributed by atoms with Gasteiger partial charge in [-0.05, 0) is 30.2 Å². The van der Waals surface area contributed by atoms with Gasteiger partial charge in [-0.25, -0.2) is 0 Å². The van der Waals surface area contributed by atoms with Crippen molar-refractivity contribution in [2.45, 2.75) is 19.4 Å². The summed E-state index contributed by atoms with van der Waals surface area (Å²) in [5, 5.41) is 10.9. The largest absolute Gasteiger partial charge is 0.398 e. The maximum Gasteiger partial charge on any atom is 0.0850 e. The Labute approximate surface area is 112 Å². The predicted molar refractivity (Wildman–Crippen MR) is 75.7 cm³/mol. The highest BCUT2D eigenvalue weighted by Crippen LogP contribution is 2.27. The van der Waals surface area contributed by atoms with E-state index in [1.807, 2.05) is 43.3 Å². The van der Waals surface area contributed by atoms with Crippen LogP contribution in [0.4, 0.5) is 5.69 Å². The summed E-state index contributed by atoms with van der Waals surface area (Å²) in [4.78, 5) is 0. The van der Waals surface area contributed by atoms with Crippen LogP contribution in [0.2, 0.25) is 5.02 Å². The SMILES string of the molecule is Cc1ccc(CC(O)c2ccccc2N)c(Cl)c1. The van der Waals surface area contributed by atoms with Crippen LogP contribution in [-0.4, -0.2) is 5.11 Å². The number of rotatable bonds is 3. The van der Waals surface area contributed by atoms with Crippen molar-refractivity contribution in [3.8, 4) is 0 Å². The molecule has 0 spiro atoms. The molecule has 0 saturated carbocycles. The topological polar surface area (TPSA) is 46.2 Å². The summed E-state index contributed by atoms with van der Waals surface area (Å²) >= 11 is 6.16. The first-order chi connectivity index (χ1) is 8.58. The molecule has 2 aromatic rings. The molecule has 0 saturated heterocycles. The van der Waals surface area contributed by atoms with Gasteiger partial charge >= 0.3 is 0 Å². The van der Waals surface area contributed by atoms with Crippen LogP contribution in [0.5, 0.6) is 0 Å². The van der Waals surface area contributed by atoms with Gasteiger partial charge in [-0.15, -0.1) is 0 Å². The van der Waals surface area contributed by atoms with Crippen LogP contribution in [0.25, 0.3) is 0 Å². The maximum absolute atomic E-state index is 10.2. The Hall–Kier alpha value is -1.51. The van der Waals surface area contributed by atoms with Gasteiger partial charge in [0.15, 0.2) is 0 Å². The monoisotopic (exact) mass is 261 g/mol. The minimum absolute atomic E-state index is 0.466. The summed E-state index contributed by atoms with van der Waals surface area (Å²) in [6.45, 7) is 1.99. The Morgan fingerprint density at radius 1 is 1.22 bits per heavy atom. The average molecular weight is 262 g/mol. The smallest absolute Gasteiger partial charge is 0.0850 e. The van der Waals surface area contributed by atoms with Gasteiger partial charge in [-0.1, -0.05) is 41.9 Å². The molecule has 0 aliphatic rings. The number of halogens is 1. The molecule has 1 atom stereocenters. The first-order valence-corrected chi connectivity index (χ1v) is 6.23. The quantitative estimate of drug-likeness (QED) is 0.831. The normalized spacial score (nSPS) is 12.4. The Bertz CT molecular complexity index is 554. The molecular formula is C15H16ClNO. The summed E-state index contributed by atoms with van der Waals surface area (Å²) in [7, 11) is 0. The number of nitrogen functional groups attached to an aromatic ring is 1. The van der Waals surface area contributed by atoms with Crippen LogP contribution in [0.1, 0.15) is 22.8 Å². The second-order valence-electron chi connectivity index (χ2n) is 4.44. The maximum atomic E-state index is 10.2. The number of aliphatic hydroxyl groups excluding tert-OH is 1.